The Morgan fingerprint density at radius 2 is 2.07 bits per heavy atom. The maximum atomic E-state index is 12.7. The van der Waals surface area contributed by atoms with E-state index in [4.69, 9.17) is 17.0 Å². The number of amides is 1. The number of aromatic nitrogens is 1. The van der Waals surface area contributed by atoms with Gasteiger partial charge in [0.05, 0.1) is 41.3 Å². The van der Waals surface area contributed by atoms with Gasteiger partial charge in [-0.1, -0.05) is 0 Å². The molecule has 1 saturated heterocycles. The molecular weight excluding hydrogens is 370 g/mol. The second-order valence-electron chi connectivity index (χ2n) is 5.71. The number of ether oxygens (including phenoxy) is 1. The quantitative estimate of drug-likeness (QED) is 0.465. The number of benzene rings is 1. The van der Waals surface area contributed by atoms with Gasteiger partial charge in [0.1, 0.15) is 0 Å². The molecule has 1 aliphatic rings. The Bertz CT molecular complexity index is 856. The fourth-order valence-electron chi connectivity index (χ4n) is 2.67. The van der Waals surface area contributed by atoms with E-state index >= 15 is 0 Å². The maximum Gasteiger partial charge on any atom is 0.270 e. The molecule has 1 aromatic heterocycles. The number of hydrogen-bond acceptors (Lipinski definition) is 7. The summed E-state index contributed by atoms with van der Waals surface area (Å²) < 4.78 is 5.33. The number of carbonyl (C=O) groups excluding carboxylic acids is 1. The Morgan fingerprint density at radius 3 is 2.74 bits per heavy atom. The van der Waals surface area contributed by atoms with Gasteiger partial charge in [0.15, 0.2) is 5.11 Å². The highest BCUT2D eigenvalue weighted by Crippen LogP contribution is 2.26. The average Bonchev–Trinajstić information content (AvgIpc) is 2.68. The number of thiocarbonyl (C=S) groups is 1. The van der Waals surface area contributed by atoms with Gasteiger partial charge < -0.3 is 15.0 Å². The van der Waals surface area contributed by atoms with Crippen LogP contribution in [0, 0.1) is 10.1 Å². The fourth-order valence-corrected chi connectivity index (χ4v) is 2.88. The predicted molar refractivity (Wildman–Crippen MR) is 104 cm³/mol. The number of hydrogen-bond donors (Lipinski definition) is 2. The van der Waals surface area contributed by atoms with Gasteiger partial charge in [-0.3, -0.25) is 25.2 Å². The molecule has 0 aliphatic carbocycles. The summed E-state index contributed by atoms with van der Waals surface area (Å²) in [6, 6.07) is 7.69. The van der Waals surface area contributed by atoms with E-state index in [1.807, 2.05) is 4.90 Å². The van der Waals surface area contributed by atoms with Gasteiger partial charge >= 0.3 is 0 Å². The van der Waals surface area contributed by atoms with E-state index in [1.165, 1.54) is 12.1 Å². The van der Waals surface area contributed by atoms with Crippen molar-refractivity contribution in [3.63, 3.8) is 0 Å². The largest absolute Gasteiger partial charge is 0.378 e. The molecule has 0 radical (unpaired) electrons. The van der Waals surface area contributed by atoms with Gasteiger partial charge in [-0.25, -0.2) is 0 Å². The molecule has 10 heteroatoms. The van der Waals surface area contributed by atoms with Crippen molar-refractivity contribution in [3.8, 4) is 0 Å². The summed E-state index contributed by atoms with van der Waals surface area (Å²) in [5.41, 5.74) is 1.24. The molecule has 2 aromatic rings. The van der Waals surface area contributed by atoms with Crippen LogP contribution in [0.5, 0.6) is 0 Å². The lowest BCUT2D eigenvalue weighted by Crippen LogP contribution is -2.39. The molecule has 1 aliphatic heterocycles. The monoisotopic (exact) mass is 387 g/mol. The van der Waals surface area contributed by atoms with Crippen molar-refractivity contribution in [1.82, 2.24) is 10.3 Å². The normalized spacial score (nSPS) is 13.7. The number of carbonyl (C=O) groups is 1. The van der Waals surface area contributed by atoms with Gasteiger partial charge in [-0.05, 0) is 30.4 Å². The third-order valence-corrected chi connectivity index (χ3v) is 4.14. The number of nitro benzene ring substituents is 1. The molecule has 1 fully saturated rings. The molecule has 0 atom stereocenters. The first-order chi connectivity index (χ1) is 13.0. The Morgan fingerprint density at radius 1 is 1.30 bits per heavy atom. The van der Waals surface area contributed by atoms with Crippen molar-refractivity contribution in [2.45, 2.75) is 0 Å². The van der Waals surface area contributed by atoms with Gasteiger partial charge in [-0.15, -0.1) is 0 Å². The van der Waals surface area contributed by atoms with E-state index in [2.05, 4.69) is 15.6 Å². The lowest BCUT2D eigenvalue weighted by molar-refractivity contribution is -0.384. The Kier molecular flexibility index (Phi) is 5.89. The van der Waals surface area contributed by atoms with E-state index in [9.17, 15) is 14.9 Å². The predicted octanol–water partition coefficient (Wildman–Crippen LogP) is 1.95. The Hall–Kier alpha value is -3.11. The molecule has 0 spiro atoms. The topological polar surface area (TPSA) is 110 Å². The number of pyridine rings is 1. The first-order valence-corrected chi connectivity index (χ1v) is 8.59. The molecule has 0 unspecified atom stereocenters. The lowest BCUT2D eigenvalue weighted by Gasteiger charge is -2.30. The van der Waals surface area contributed by atoms with Crippen LogP contribution in [-0.2, 0) is 4.74 Å². The second kappa shape index (κ2) is 8.52. The van der Waals surface area contributed by atoms with Crippen LogP contribution in [0.4, 0.5) is 17.1 Å². The minimum Gasteiger partial charge on any atom is -0.378 e. The third kappa shape index (κ3) is 4.74. The highest BCUT2D eigenvalue weighted by atomic mass is 32.1. The standard InChI is InChI=1S/C17H17N5O4S/c23-16(20-17(27)19-12-2-1-5-18-11-12)14-10-13(22(24)25)3-4-15(14)21-6-8-26-9-7-21/h1-5,10-11H,6-9H2,(H2,19,20,23,27). The molecule has 0 saturated carbocycles. The van der Waals surface area contributed by atoms with Crippen molar-refractivity contribution < 1.29 is 14.5 Å². The number of nitrogens with zero attached hydrogens (tertiary/aromatic N) is 3. The van der Waals surface area contributed by atoms with E-state index in [0.29, 0.717) is 37.7 Å². The van der Waals surface area contributed by atoms with Gasteiger partial charge in [0.25, 0.3) is 11.6 Å². The van der Waals surface area contributed by atoms with Crippen molar-refractivity contribution >= 4 is 40.3 Å². The molecule has 9 nitrogen and oxygen atoms in total. The van der Waals surface area contributed by atoms with Crippen LogP contribution in [0.2, 0.25) is 0 Å². The minimum absolute atomic E-state index is 0.0763. The number of non-ortho nitro benzene ring substituents is 1. The molecule has 2 N–H and O–H groups in total. The number of nitrogens with one attached hydrogen (secondary N) is 2. The number of rotatable bonds is 4. The lowest BCUT2D eigenvalue weighted by atomic mass is 10.1. The Labute approximate surface area is 160 Å². The number of anilines is 2. The van der Waals surface area contributed by atoms with Crippen molar-refractivity contribution in [2.75, 3.05) is 36.5 Å². The smallest absolute Gasteiger partial charge is 0.270 e. The first kappa shape index (κ1) is 18.7. The van der Waals surface area contributed by atoms with Crippen LogP contribution in [-0.4, -0.2) is 47.2 Å². The highest BCUT2D eigenvalue weighted by molar-refractivity contribution is 7.80. The maximum absolute atomic E-state index is 12.7. The highest BCUT2D eigenvalue weighted by Gasteiger charge is 2.22. The average molecular weight is 387 g/mol. The zero-order valence-electron chi connectivity index (χ0n) is 14.3. The summed E-state index contributed by atoms with van der Waals surface area (Å²) in [5, 5.41) is 16.6. The van der Waals surface area contributed by atoms with Crippen molar-refractivity contribution in [1.29, 1.82) is 0 Å². The summed E-state index contributed by atoms with van der Waals surface area (Å²) in [7, 11) is 0. The number of nitro groups is 1. The molecule has 1 aromatic carbocycles. The molecule has 3 rings (SSSR count). The Balaban J connectivity index is 1.81. The van der Waals surface area contributed by atoms with Crippen LogP contribution in [0.1, 0.15) is 10.4 Å². The van der Waals surface area contributed by atoms with Crippen LogP contribution in [0.25, 0.3) is 0 Å². The molecule has 2 heterocycles. The van der Waals surface area contributed by atoms with Crippen LogP contribution >= 0.6 is 12.2 Å². The zero-order chi connectivity index (χ0) is 19.2. The minimum atomic E-state index is -0.536. The van der Waals surface area contributed by atoms with Crippen LogP contribution in [0.3, 0.4) is 0 Å². The molecule has 27 heavy (non-hydrogen) atoms. The van der Waals surface area contributed by atoms with E-state index in [1.54, 1.807) is 30.6 Å². The summed E-state index contributed by atoms with van der Waals surface area (Å²) in [6.07, 6.45) is 3.18. The van der Waals surface area contributed by atoms with Crippen molar-refractivity contribution in [2.24, 2.45) is 0 Å². The molecular formula is C17H17N5O4S. The summed E-state index contributed by atoms with van der Waals surface area (Å²) >= 11 is 5.16. The summed E-state index contributed by atoms with van der Waals surface area (Å²) in [4.78, 5) is 29.2. The van der Waals surface area contributed by atoms with Crippen LogP contribution in [0.15, 0.2) is 42.7 Å². The summed E-state index contributed by atoms with van der Waals surface area (Å²) in [6.45, 7) is 2.24. The first-order valence-electron chi connectivity index (χ1n) is 8.18. The zero-order valence-corrected chi connectivity index (χ0v) is 15.1. The van der Waals surface area contributed by atoms with Crippen LogP contribution < -0.4 is 15.5 Å². The van der Waals surface area contributed by atoms with E-state index in [0.717, 1.165) is 0 Å². The second-order valence-corrected chi connectivity index (χ2v) is 6.12. The van der Waals surface area contributed by atoms with Crippen molar-refractivity contribution in [3.05, 3.63) is 58.4 Å². The van der Waals surface area contributed by atoms with E-state index in [-0.39, 0.29) is 16.4 Å². The SMILES string of the molecule is O=C(NC(=S)Nc1cccnc1)c1cc([N+](=O)[O-])ccc1N1CCOCC1. The molecule has 0 bridgehead atoms. The summed E-state index contributed by atoms with van der Waals surface area (Å²) in [5.74, 6) is -0.526. The molecule has 140 valence electrons. The fraction of sp³-hybridized carbons (Fsp3) is 0.235. The van der Waals surface area contributed by atoms with Gasteiger partial charge in [0, 0.05) is 31.4 Å². The third-order valence-electron chi connectivity index (χ3n) is 3.93. The van der Waals surface area contributed by atoms with Gasteiger partial charge in [-0.2, -0.15) is 0 Å². The molecule has 1 amide bonds. The van der Waals surface area contributed by atoms with E-state index < -0.39 is 10.8 Å². The number of morpholine rings is 1. The van der Waals surface area contributed by atoms with Gasteiger partial charge in [0.2, 0.25) is 0 Å².